The maximum Gasteiger partial charge on any atom is 0.0108 e. The number of rotatable bonds is 3. The molecule has 0 aliphatic heterocycles. The molecule has 2 aromatic carbocycles. The molecular formula is C17H17. The van der Waals surface area contributed by atoms with Crippen LogP contribution in [0.4, 0.5) is 0 Å². The van der Waals surface area contributed by atoms with E-state index in [0.29, 0.717) is 5.92 Å². The first kappa shape index (κ1) is 10.6. The fraction of sp³-hybridized carbons (Fsp3) is 0.294. The Labute approximate surface area is 103 Å². The van der Waals surface area contributed by atoms with Crippen LogP contribution in [0.5, 0.6) is 0 Å². The molecule has 3 rings (SSSR count). The largest absolute Gasteiger partial charge is 0.0654 e. The molecule has 0 fully saturated rings. The van der Waals surface area contributed by atoms with Gasteiger partial charge in [-0.1, -0.05) is 62.2 Å². The molecule has 1 atom stereocenters. The fourth-order valence-electron chi connectivity index (χ4n) is 2.88. The summed E-state index contributed by atoms with van der Waals surface area (Å²) in [5.74, 6) is 0.572. The highest BCUT2D eigenvalue weighted by Gasteiger charge is 2.27. The quantitative estimate of drug-likeness (QED) is 0.699. The maximum absolute atomic E-state index is 3.45. The van der Waals surface area contributed by atoms with Crippen molar-refractivity contribution in [2.75, 3.05) is 0 Å². The molecular weight excluding hydrogens is 204 g/mol. The molecule has 0 amide bonds. The van der Waals surface area contributed by atoms with Gasteiger partial charge in [-0.25, -0.2) is 0 Å². The Hall–Kier alpha value is -1.56. The lowest BCUT2D eigenvalue weighted by Gasteiger charge is -2.12. The van der Waals surface area contributed by atoms with Crippen LogP contribution in [0.25, 0.3) is 11.1 Å². The summed E-state index contributed by atoms with van der Waals surface area (Å²) in [5, 5.41) is 0. The molecule has 0 N–H and O–H groups in total. The van der Waals surface area contributed by atoms with Gasteiger partial charge in [0.15, 0.2) is 0 Å². The molecule has 0 spiro atoms. The van der Waals surface area contributed by atoms with Crippen molar-refractivity contribution in [1.82, 2.24) is 0 Å². The average Bonchev–Trinajstić information content (AvgIpc) is 2.71. The van der Waals surface area contributed by atoms with E-state index in [1.165, 1.54) is 41.5 Å². The van der Waals surface area contributed by atoms with E-state index in [4.69, 9.17) is 0 Å². The van der Waals surface area contributed by atoms with Crippen LogP contribution < -0.4 is 0 Å². The molecule has 0 heterocycles. The summed E-state index contributed by atoms with van der Waals surface area (Å²) in [7, 11) is 0. The minimum absolute atomic E-state index is 0.572. The third kappa shape index (κ3) is 1.68. The van der Waals surface area contributed by atoms with Crippen molar-refractivity contribution in [2.45, 2.75) is 32.1 Å². The summed E-state index contributed by atoms with van der Waals surface area (Å²) in [5.41, 5.74) is 5.71. The Morgan fingerprint density at radius 2 is 1.88 bits per heavy atom. The van der Waals surface area contributed by atoms with Crippen molar-refractivity contribution in [2.24, 2.45) is 0 Å². The standard InChI is InChI=1S/C17H17/c1-2-3-8-13-14-9-4-6-11-16(14)17-12-7-5-10-15(13)17/h4-7,9,11-13H,2-3,8H2,1H3. The molecule has 0 nitrogen and oxygen atoms in total. The summed E-state index contributed by atoms with van der Waals surface area (Å²) < 4.78 is 0. The van der Waals surface area contributed by atoms with E-state index in [-0.39, 0.29) is 0 Å². The first-order valence-corrected chi connectivity index (χ1v) is 6.51. The number of unbranched alkanes of at least 4 members (excludes halogenated alkanes) is 1. The molecule has 1 aliphatic rings. The van der Waals surface area contributed by atoms with Gasteiger partial charge in [-0.05, 0) is 34.7 Å². The Bertz CT molecular complexity index is 480. The van der Waals surface area contributed by atoms with Gasteiger partial charge in [-0.3, -0.25) is 0 Å². The van der Waals surface area contributed by atoms with Gasteiger partial charge in [0, 0.05) is 5.92 Å². The first-order chi connectivity index (χ1) is 8.42. The SMILES string of the molecule is CCCCC1c2[c]cccc2-c2ccccc21. The number of hydrogen-bond donors (Lipinski definition) is 0. The second-order valence-corrected chi connectivity index (χ2v) is 4.78. The Balaban J connectivity index is 2.10. The van der Waals surface area contributed by atoms with Crippen molar-refractivity contribution in [1.29, 1.82) is 0 Å². The predicted molar refractivity (Wildman–Crippen MR) is 72.1 cm³/mol. The molecule has 1 unspecified atom stereocenters. The van der Waals surface area contributed by atoms with E-state index < -0.39 is 0 Å². The highest BCUT2D eigenvalue weighted by atomic mass is 14.3. The minimum atomic E-state index is 0.572. The topological polar surface area (TPSA) is 0 Å². The Morgan fingerprint density at radius 3 is 2.76 bits per heavy atom. The average molecular weight is 221 g/mol. The van der Waals surface area contributed by atoms with E-state index >= 15 is 0 Å². The zero-order valence-electron chi connectivity index (χ0n) is 10.2. The van der Waals surface area contributed by atoms with E-state index in [0.717, 1.165) is 0 Å². The van der Waals surface area contributed by atoms with Gasteiger partial charge < -0.3 is 0 Å². The lowest BCUT2D eigenvalue weighted by Crippen LogP contribution is -1.96. The Morgan fingerprint density at radius 1 is 1.06 bits per heavy atom. The lowest BCUT2D eigenvalue weighted by atomic mass is 9.92. The highest BCUT2D eigenvalue weighted by Crippen LogP contribution is 2.46. The predicted octanol–water partition coefficient (Wildman–Crippen LogP) is 4.79. The van der Waals surface area contributed by atoms with E-state index in [9.17, 15) is 0 Å². The summed E-state index contributed by atoms with van der Waals surface area (Å²) >= 11 is 0. The molecule has 0 heteroatoms. The van der Waals surface area contributed by atoms with Crippen molar-refractivity contribution in [3.05, 3.63) is 59.7 Å². The van der Waals surface area contributed by atoms with Crippen LogP contribution in [0.15, 0.2) is 42.5 Å². The minimum Gasteiger partial charge on any atom is -0.0654 e. The molecule has 0 aromatic heterocycles. The number of benzene rings is 2. The van der Waals surface area contributed by atoms with Gasteiger partial charge in [0.2, 0.25) is 0 Å². The van der Waals surface area contributed by atoms with E-state index in [2.05, 4.69) is 49.4 Å². The van der Waals surface area contributed by atoms with Crippen LogP contribution in [-0.4, -0.2) is 0 Å². The number of hydrogen-bond acceptors (Lipinski definition) is 0. The third-order valence-electron chi connectivity index (χ3n) is 3.71. The van der Waals surface area contributed by atoms with Crippen LogP contribution >= 0.6 is 0 Å². The van der Waals surface area contributed by atoms with Gasteiger partial charge in [0.05, 0.1) is 0 Å². The lowest BCUT2D eigenvalue weighted by molar-refractivity contribution is 0.659. The molecule has 0 saturated carbocycles. The van der Waals surface area contributed by atoms with Gasteiger partial charge >= 0.3 is 0 Å². The zero-order chi connectivity index (χ0) is 11.7. The zero-order valence-corrected chi connectivity index (χ0v) is 10.2. The molecule has 85 valence electrons. The number of fused-ring (bicyclic) bond motifs is 3. The molecule has 2 aromatic rings. The molecule has 1 radical (unpaired) electrons. The second kappa shape index (κ2) is 4.37. The molecule has 17 heavy (non-hydrogen) atoms. The van der Waals surface area contributed by atoms with Gasteiger partial charge in [-0.2, -0.15) is 0 Å². The second-order valence-electron chi connectivity index (χ2n) is 4.78. The normalized spacial score (nSPS) is 13.5. The van der Waals surface area contributed by atoms with Crippen molar-refractivity contribution in [3.8, 4) is 11.1 Å². The summed E-state index contributed by atoms with van der Waals surface area (Å²) in [6, 6.07) is 18.6. The van der Waals surface area contributed by atoms with Gasteiger partial charge in [0.25, 0.3) is 0 Å². The smallest absolute Gasteiger partial charge is 0.0108 e. The van der Waals surface area contributed by atoms with E-state index in [1.54, 1.807) is 0 Å². The maximum atomic E-state index is 3.45. The van der Waals surface area contributed by atoms with Crippen LogP contribution in [0.2, 0.25) is 0 Å². The molecule has 0 bridgehead atoms. The monoisotopic (exact) mass is 221 g/mol. The summed E-state index contributed by atoms with van der Waals surface area (Å²) in [4.78, 5) is 0. The van der Waals surface area contributed by atoms with Crippen LogP contribution in [0.3, 0.4) is 0 Å². The summed E-state index contributed by atoms with van der Waals surface area (Å²) in [6.07, 6.45) is 3.81. The van der Waals surface area contributed by atoms with Crippen LogP contribution in [0, 0.1) is 6.07 Å². The fourth-order valence-corrected chi connectivity index (χ4v) is 2.88. The highest BCUT2D eigenvalue weighted by molar-refractivity contribution is 5.78. The van der Waals surface area contributed by atoms with Crippen LogP contribution in [0.1, 0.15) is 43.2 Å². The van der Waals surface area contributed by atoms with Crippen molar-refractivity contribution < 1.29 is 0 Å². The first-order valence-electron chi connectivity index (χ1n) is 6.51. The Kier molecular flexibility index (Phi) is 2.72. The van der Waals surface area contributed by atoms with Crippen molar-refractivity contribution in [3.63, 3.8) is 0 Å². The summed E-state index contributed by atoms with van der Waals surface area (Å²) in [6.45, 7) is 2.26. The van der Waals surface area contributed by atoms with Crippen LogP contribution in [-0.2, 0) is 0 Å². The van der Waals surface area contributed by atoms with Crippen molar-refractivity contribution >= 4 is 0 Å². The van der Waals surface area contributed by atoms with Gasteiger partial charge in [-0.15, -0.1) is 0 Å². The van der Waals surface area contributed by atoms with E-state index in [1.807, 2.05) is 6.07 Å². The third-order valence-corrected chi connectivity index (χ3v) is 3.71. The molecule has 1 aliphatic carbocycles. The molecule has 0 saturated heterocycles. The van der Waals surface area contributed by atoms with Gasteiger partial charge in [0.1, 0.15) is 0 Å².